The van der Waals surface area contributed by atoms with Crippen LogP contribution in [0.15, 0.2) is 97.2 Å². The Kier molecular flexibility index (Phi) is 49.5. The Morgan fingerprint density at radius 1 is 0.371 bits per heavy atom. The zero-order valence-electron chi connectivity index (χ0n) is 40.6. The molecule has 1 unspecified atom stereocenters. The number of esters is 2. The third-order valence-corrected chi connectivity index (χ3v) is 10.6. The van der Waals surface area contributed by atoms with E-state index < -0.39 is 6.10 Å². The highest BCUT2D eigenvalue weighted by Crippen LogP contribution is 2.13. The van der Waals surface area contributed by atoms with E-state index in [1.54, 1.807) is 0 Å². The highest BCUT2D eigenvalue weighted by molar-refractivity contribution is 5.70. The second-order valence-corrected chi connectivity index (χ2v) is 16.7. The standard InChI is InChI=1S/C57H96O5/c1-4-7-10-13-16-19-21-23-25-27-29-31-33-35-37-39-41-44-47-50-56(58)61-54-55(53-60-52-49-46-43-18-15-12-9-6-3)62-57(59)51-48-45-42-40-38-36-34-32-30-28-26-24-22-20-17-14-11-8-5-2/h7,10,16-17,19-20,23-26,29-32,35,37,55H,4-6,8-9,11-15,18,21-22,27-28,33-34,36,38-54H2,1-3H3/b10-7-,19-16-,20-17-,25-23-,26-24-,31-29-,32-30-,37-35-. The van der Waals surface area contributed by atoms with Crippen LogP contribution in [0.4, 0.5) is 0 Å². The van der Waals surface area contributed by atoms with Crippen LogP contribution < -0.4 is 0 Å². The molecular formula is C57H96O5. The number of allylic oxidation sites excluding steroid dienone is 16. The van der Waals surface area contributed by atoms with Crippen LogP contribution in [0.5, 0.6) is 0 Å². The highest BCUT2D eigenvalue weighted by atomic mass is 16.6. The number of carbonyl (C=O) groups is 2. The largest absolute Gasteiger partial charge is 0.462 e. The fourth-order valence-corrected chi connectivity index (χ4v) is 6.78. The second-order valence-electron chi connectivity index (χ2n) is 16.7. The van der Waals surface area contributed by atoms with Gasteiger partial charge in [-0.05, 0) is 103 Å². The Labute approximate surface area is 383 Å². The van der Waals surface area contributed by atoms with Gasteiger partial charge in [0.15, 0.2) is 6.10 Å². The predicted molar refractivity (Wildman–Crippen MR) is 270 cm³/mol. The highest BCUT2D eigenvalue weighted by Gasteiger charge is 2.17. The number of unbranched alkanes of at least 4 members (excludes halogenated alkanes) is 19. The molecule has 0 saturated heterocycles. The van der Waals surface area contributed by atoms with E-state index in [1.165, 1.54) is 83.5 Å². The van der Waals surface area contributed by atoms with Crippen LogP contribution in [0.3, 0.4) is 0 Å². The molecular weight excluding hydrogens is 765 g/mol. The number of hydrogen-bond acceptors (Lipinski definition) is 5. The summed E-state index contributed by atoms with van der Waals surface area (Å²) in [6.07, 6.45) is 69.8. The van der Waals surface area contributed by atoms with Gasteiger partial charge in [0.05, 0.1) is 6.61 Å². The maximum Gasteiger partial charge on any atom is 0.306 e. The van der Waals surface area contributed by atoms with E-state index in [4.69, 9.17) is 14.2 Å². The molecule has 0 radical (unpaired) electrons. The number of hydrogen-bond donors (Lipinski definition) is 0. The van der Waals surface area contributed by atoms with Gasteiger partial charge in [0.1, 0.15) is 6.61 Å². The lowest BCUT2D eigenvalue weighted by Crippen LogP contribution is -2.30. The molecule has 0 spiro atoms. The molecule has 0 aromatic carbocycles. The molecule has 1 atom stereocenters. The smallest absolute Gasteiger partial charge is 0.306 e. The Morgan fingerprint density at radius 3 is 1.21 bits per heavy atom. The fourth-order valence-electron chi connectivity index (χ4n) is 6.78. The molecule has 0 bridgehead atoms. The molecule has 0 N–H and O–H groups in total. The monoisotopic (exact) mass is 861 g/mol. The van der Waals surface area contributed by atoms with Crippen molar-refractivity contribution in [2.24, 2.45) is 0 Å². The molecule has 5 nitrogen and oxygen atoms in total. The molecule has 0 aromatic heterocycles. The lowest BCUT2D eigenvalue weighted by atomic mass is 10.1. The molecule has 0 amide bonds. The third-order valence-electron chi connectivity index (χ3n) is 10.6. The van der Waals surface area contributed by atoms with Crippen LogP contribution in [0.25, 0.3) is 0 Å². The topological polar surface area (TPSA) is 61.8 Å². The number of ether oxygens (including phenoxy) is 3. The van der Waals surface area contributed by atoms with Gasteiger partial charge in [-0.15, -0.1) is 0 Å². The van der Waals surface area contributed by atoms with Crippen LogP contribution in [0, 0.1) is 0 Å². The summed E-state index contributed by atoms with van der Waals surface area (Å²) in [5.74, 6) is -0.452. The molecule has 0 fully saturated rings. The summed E-state index contributed by atoms with van der Waals surface area (Å²) in [4.78, 5) is 25.3. The minimum atomic E-state index is -0.559. The summed E-state index contributed by atoms with van der Waals surface area (Å²) in [5, 5.41) is 0. The van der Waals surface area contributed by atoms with Crippen molar-refractivity contribution in [2.75, 3.05) is 19.8 Å². The maximum absolute atomic E-state index is 12.8. The van der Waals surface area contributed by atoms with Gasteiger partial charge in [0, 0.05) is 19.4 Å². The molecule has 0 saturated carbocycles. The van der Waals surface area contributed by atoms with Gasteiger partial charge >= 0.3 is 11.9 Å². The Hall–Kier alpha value is -3.18. The summed E-state index contributed by atoms with van der Waals surface area (Å²) in [6, 6.07) is 0. The Balaban J connectivity index is 4.27. The van der Waals surface area contributed by atoms with Crippen LogP contribution in [-0.4, -0.2) is 37.9 Å². The van der Waals surface area contributed by atoms with Crippen molar-refractivity contribution in [2.45, 2.75) is 232 Å². The van der Waals surface area contributed by atoms with Crippen molar-refractivity contribution < 1.29 is 23.8 Å². The quantitative estimate of drug-likeness (QED) is 0.0347. The van der Waals surface area contributed by atoms with Gasteiger partial charge in [-0.1, -0.05) is 208 Å². The van der Waals surface area contributed by atoms with E-state index in [-0.39, 0.29) is 25.2 Å². The van der Waals surface area contributed by atoms with Gasteiger partial charge in [-0.25, -0.2) is 0 Å². The van der Waals surface area contributed by atoms with Crippen molar-refractivity contribution in [1.82, 2.24) is 0 Å². The SMILES string of the molecule is CC/C=C\C/C=C\C/C=C\C/C=C\C/C=C\CCCCCC(=O)OCC(COCCCCCCCCCC)OC(=O)CCCCCCCC/C=C\C/C=C\C/C=C\CCCCC. The van der Waals surface area contributed by atoms with Crippen LogP contribution >= 0.6 is 0 Å². The van der Waals surface area contributed by atoms with Gasteiger partial charge in [-0.3, -0.25) is 9.59 Å². The van der Waals surface area contributed by atoms with Crippen LogP contribution in [0.2, 0.25) is 0 Å². The zero-order valence-corrected chi connectivity index (χ0v) is 40.6. The third kappa shape index (κ3) is 49.5. The molecule has 5 heteroatoms. The average Bonchev–Trinajstić information content (AvgIpc) is 3.27. The van der Waals surface area contributed by atoms with Gasteiger partial charge in [0.25, 0.3) is 0 Å². The summed E-state index contributed by atoms with van der Waals surface area (Å²) < 4.78 is 17.3. The fraction of sp³-hybridized carbons (Fsp3) is 0.684. The van der Waals surface area contributed by atoms with Crippen molar-refractivity contribution in [3.8, 4) is 0 Å². The van der Waals surface area contributed by atoms with E-state index in [1.807, 2.05) is 0 Å². The van der Waals surface area contributed by atoms with Crippen LogP contribution in [-0.2, 0) is 23.8 Å². The summed E-state index contributed by atoms with van der Waals surface area (Å²) in [6.45, 7) is 7.62. The first-order valence-corrected chi connectivity index (χ1v) is 25.8. The lowest BCUT2D eigenvalue weighted by Gasteiger charge is -2.18. The van der Waals surface area contributed by atoms with E-state index in [9.17, 15) is 9.59 Å². The second kappa shape index (κ2) is 52.2. The summed E-state index contributed by atoms with van der Waals surface area (Å²) in [5.41, 5.74) is 0. The molecule has 0 aliphatic heterocycles. The lowest BCUT2D eigenvalue weighted by molar-refractivity contribution is -0.163. The van der Waals surface area contributed by atoms with Crippen molar-refractivity contribution in [3.05, 3.63) is 97.2 Å². The molecule has 0 aliphatic carbocycles. The predicted octanol–water partition coefficient (Wildman–Crippen LogP) is 17.5. The van der Waals surface area contributed by atoms with Crippen molar-refractivity contribution in [3.63, 3.8) is 0 Å². The molecule has 354 valence electrons. The van der Waals surface area contributed by atoms with Crippen molar-refractivity contribution in [1.29, 1.82) is 0 Å². The average molecular weight is 861 g/mol. The van der Waals surface area contributed by atoms with Gasteiger partial charge in [-0.2, -0.15) is 0 Å². The Bertz CT molecular complexity index is 1200. The first-order valence-electron chi connectivity index (χ1n) is 25.8. The number of carbonyl (C=O) groups excluding carboxylic acids is 2. The minimum absolute atomic E-state index is 0.0588. The van der Waals surface area contributed by atoms with E-state index >= 15 is 0 Å². The van der Waals surface area contributed by atoms with Gasteiger partial charge in [0.2, 0.25) is 0 Å². The molecule has 0 rings (SSSR count). The summed E-state index contributed by atoms with van der Waals surface area (Å²) in [7, 11) is 0. The van der Waals surface area contributed by atoms with Crippen molar-refractivity contribution >= 4 is 11.9 Å². The van der Waals surface area contributed by atoms with E-state index in [0.29, 0.717) is 19.4 Å². The van der Waals surface area contributed by atoms with E-state index in [0.717, 1.165) is 109 Å². The molecule has 0 aliphatic rings. The van der Waals surface area contributed by atoms with Crippen LogP contribution in [0.1, 0.15) is 226 Å². The van der Waals surface area contributed by atoms with E-state index in [2.05, 4.69) is 118 Å². The number of rotatable bonds is 46. The minimum Gasteiger partial charge on any atom is -0.462 e. The normalized spacial score (nSPS) is 13.0. The molecule has 62 heavy (non-hydrogen) atoms. The first kappa shape index (κ1) is 58.8. The Morgan fingerprint density at radius 2 is 0.726 bits per heavy atom. The first-order chi connectivity index (χ1) is 30.6. The van der Waals surface area contributed by atoms with Gasteiger partial charge < -0.3 is 14.2 Å². The summed E-state index contributed by atoms with van der Waals surface area (Å²) >= 11 is 0. The zero-order chi connectivity index (χ0) is 44.9. The molecule has 0 heterocycles. The molecule has 0 aromatic rings. The maximum atomic E-state index is 12.8.